The highest BCUT2D eigenvalue weighted by atomic mass is 16.5. The zero-order valence-electron chi connectivity index (χ0n) is 17.3. The molecule has 2 rings (SSSR count). The number of aromatic nitrogens is 3. The molecule has 28 heavy (non-hydrogen) atoms. The third-order valence-corrected chi connectivity index (χ3v) is 3.67. The van der Waals surface area contributed by atoms with E-state index in [0.29, 0.717) is 19.0 Å². The van der Waals surface area contributed by atoms with Crippen molar-refractivity contribution in [2.45, 2.75) is 59.6 Å². The van der Waals surface area contributed by atoms with E-state index in [-0.39, 0.29) is 18.0 Å². The maximum Gasteiger partial charge on any atom is 0.336 e. The molecule has 1 amide bonds. The molecule has 0 aliphatic carbocycles. The summed E-state index contributed by atoms with van der Waals surface area (Å²) in [5.74, 6) is 1.18. The normalized spacial score (nSPS) is 11.9. The molecule has 1 atom stereocenters. The Labute approximate surface area is 166 Å². The average Bonchev–Trinajstić information content (AvgIpc) is 3.12. The number of amides is 1. The van der Waals surface area contributed by atoms with Gasteiger partial charge in [-0.05, 0) is 45.7 Å². The molecule has 0 fully saturated rings. The van der Waals surface area contributed by atoms with Crippen molar-refractivity contribution in [1.82, 2.24) is 20.1 Å². The van der Waals surface area contributed by atoms with Crippen molar-refractivity contribution in [2.24, 2.45) is 0 Å². The van der Waals surface area contributed by atoms with Crippen molar-refractivity contribution in [3.8, 4) is 23.2 Å². The predicted octanol–water partition coefficient (Wildman–Crippen LogP) is 3.14. The van der Waals surface area contributed by atoms with Crippen molar-refractivity contribution in [3.63, 3.8) is 0 Å². The van der Waals surface area contributed by atoms with E-state index in [2.05, 4.69) is 22.3 Å². The molecular formula is C20H30N4O4. The lowest BCUT2D eigenvalue weighted by Gasteiger charge is -2.14. The molecule has 1 unspecified atom stereocenters. The fraction of sp³-hybridized carbons (Fsp3) is 0.550. The molecular weight excluding hydrogens is 360 g/mol. The Balaban J connectivity index is 2.17. The van der Waals surface area contributed by atoms with E-state index >= 15 is 0 Å². The Kier molecular flexibility index (Phi) is 8.10. The Morgan fingerprint density at radius 1 is 1.14 bits per heavy atom. The number of rotatable bonds is 11. The highest BCUT2D eigenvalue weighted by molar-refractivity contribution is 5.80. The molecule has 0 bridgehead atoms. The summed E-state index contributed by atoms with van der Waals surface area (Å²) in [5, 5.41) is 7.12. The largest absolute Gasteiger partial charge is 0.493 e. The summed E-state index contributed by atoms with van der Waals surface area (Å²) in [6.45, 7) is 10.8. The van der Waals surface area contributed by atoms with Crippen molar-refractivity contribution in [2.75, 3.05) is 13.2 Å². The summed E-state index contributed by atoms with van der Waals surface area (Å²) in [6.07, 6.45) is 2.65. The minimum atomic E-state index is -0.695. The molecule has 8 heteroatoms. The third kappa shape index (κ3) is 6.14. The van der Waals surface area contributed by atoms with Gasteiger partial charge < -0.3 is 19.5 Å². The first-order valence-corrected chi connectivity index (χ1v) is 9.73. The monoisotopic (exact) mass is 390 g/mol. The standard InChI is InChI=1S/C20H30N4O4/c1-6-10-26-16-8-9-17(18(12-16)27-11-7-2)24-13-21-20(23-24)28-15(5)19(25)22-14(3)4/h8-9,12-15H,6-7,10-11H2,1-5H3,(H,22,25). The number of carbonyl (C=O) groups is 1. The highest BCUT2D eigenvalue weighted by Crippen LogP contribution is 2.28. The van der Waals surface area contributed by atoms with Crippen molar-refractivity contribution < 1.29 is 19.0 Å². The fourth-order valence-electron chi connectivity index (χ4n) is 2.35. The van der Waals surface area contributed by atoms with Crippen LogP contribution in [0.1, 0.15) is 47.5 Å². The van der Waals surface area contributed by atoms with Crippen LogP contribution in [0.4, 0.5) is 0 Å². The Morgan fingerprint density at radius 3 is 2.54 bits per heavy atom. The minimum absolute atomic E-state index is 0.0378. The molecule has 2 aromatic rings. The molecule has 0 aliphatic rings. The van der Waals surface area contributed by atoms with Crippen LogP contribution >= 0.6 is 0 Å². The van der Waals surface area contributed by atoms with Crippen LogP contribution < -0.4 is 19.5 Å². The van der Waals surface area contributed by atoms with Gasteiger partial charge >= 0.3 is 6.01 Å². The van der Waals surface area contributed by atoms with Gasteiger partial charge in [0.25, 0.3) is 5.91 Å². The smallest absolute Gasteiger partial charge is 0.336 e. The number of hydrogen-bond acceptors (Lipinski definition) is 6. The van der Waals surface area contributed by atoms with Gasteiger partial charge in [0, 0.05) is 12.1 Å². The maximum atomic E-state index is 12.0. The summed E-state index contributed by atoms with van der Waals surface area (Å²) in [7, 11) is 0. The minimum Gasteiger partial charge on any atom is -0.493 e. The lowest BCUT2D eigenvalue weighted by molar-refractivity contribution is -0.128. The Hall–Kier alpha value is -2.77. The summed E-state index contributed by atoms with van der Waals surface area (Å²) >= 11 is 0. The van der Waals surface area contributed by atoms with Crippen LogP contribution in [0.15, 0.2) is 24.5 Å². The fourth-order valence-corrected chi connectivity index (χ4v) is 2.35. The number of hydrogen-bond donors (Lipinski definition) is 1. The van der Waals surface area contributed by atoms with Crippen molar-refractivity contribution >= 4 is 5.91 Å². The second kappa shape index (κ2) is 10.5. The van der Waals surface area contributed by atoms with Crippen LogP contribution in [0.3, 0.4) is 0 Å². The van der Waals surface area contributed by atoms with E-state index in [4.69, 9.17) is 14.2 Å². The van der Waals surface area contributed by atoms with Gasteiger partial charge in [-0.2, -0.15) is 4.98 Å². The molecule has 1 aromatic heterocycles. The molecule has 0 spiro atoms. The average molecular weight is 390 g/mol. The summed E-state index contributed by atoms with van der Waals surface area (Å²) < 4.78 is 18.7. The van der Waals surface area contributed by atoms with Crippen LogP contribution in [-0.2, 0) is 4.79 Å². The number of nitrogens with zero attached hydrogens (tertiary/aromatic N) is 3. The van der Waals surface area contributed by atoms with Gasteiger partial charge in [0.15, 0.2) is 6.10 Å². The van der Waals surface area contributed by atoms with E-state index in [1.807, 2.05) is 39.0 Å². The van der Waals surface area contributed by atoms with E-state index in [1.165, 1.54) is 6.33 Å². The van der Waals surface area contributed by atoms with Gasteiger partial charge in [0.1, 0.15) is 23.5 Å². The maximum absolute atomic E-state index is 12.0. The van der Waals surface area contributed by atoms with E-state index in [0.717, 1.165) is 24.3 Å². The van der Waals surface area contributed by atoms with Crippen LogP contribution in [0, 0.1) is 0 Å². The number of carbonyl (C=O) groups excluding carboxylic acids is 1. The zero-order chi connectivity index (χ0) is 20.5. The van der Waals surface area contributed by atoms with Gasteiger partial charge in [0.05, 0.1) is 13.2 Å². The number of benzene rings is 1. The van der Waals surface area contributed by atoms with Crippen LogP contribution in [0.2, 0.25) is 0 Å². The second-order valence-corrected chi connectivity index (χ2v) is 6.72. The molecule has 1 N–H and O–H groups in total. The highest BCUT2D eigenvalue weighted by Gasteiger charge is 2.18. The molecule has 0 saturated carbocycles. The molecule has 1 heterocycles. The van der Waals surface area contributed by atoms with Crippen molar-refractivity contribution in [3.05, 3.63) is 24.5 Å². The lowest BCUT2D eigenvalue weighted by Crippen LogP contribution is -2.40. The van der Waals surface area contributed by atoms with Crippen LogP contribution in [0.25, 0.3) is 5.69 Å². The van der Waals surface area contributed by atoms with E-state index in [9.17, 15) is 4.79 Å². The Morgan fingerprint density at radius 2 is 1.86 bits per heavy atom. The molecule has 154 valence electrons. The Bertz CT molecular complexity index is 760. The van der Waals surface area contributed by atoms with E-state index in [1.54, 1.807) is 11.6 Å². The lowest BCUT2D eigenvalue weighted by atomic mass is 10.2. The van der Waals surface area contributed by atoms with Gasteiger partial charge in [0.2, 0.25) is 0 Å². The van der Waals surface area contributed by atoms with Gasteiger partial charge in [-0.15, -0.1) is 5.10 Å². The first kappa shape index (κ1) is 21.5. The second-order valence-electron chi connectivity index (χ2n) is 6.72. The first-order chi connectivity index (χ1) is 13.4. The van der Waals surface area contributed by atoms with Crippen LogP contribution in [-0.4, -0.2) is 46.0 Å². The van der Waals surface area contributed by atoms with Crippen molar-refractivity contribution in [1.29, 1.82) is 0 Å². The van der Waals surface area contributed by atoms with Gasteiger partial charge in [-0.3, -0.25) is 4.79 Å². The third-order valence-electron chi connectivity index (χ3n) is 3.67. The SMILES string of the molecule is CCCOc1ccc(-n2cnc(OC(C)C(=O)NC(C)C)n2)c(OCCC)c1. The first-order valence-electron chi connectivity index (χ1n) is 9.73. The molecule has 1 aromatic carbocycles. The summed E-state index contributed by atoms with van der Waals surface area (Å²) in [5.41, 5.74) is 0.721. The predicted molar refractivity (Wildman–Crippen MR) is 106 cm³/mol. The van der Waals surface area contributed by atoms with E-state index < -0.39 is 6.10 Å². The van der Waals surface area contributed by atoms with Gasteiger partial charge in [-0.1, -0.05) is 13.8 Å². The molecule has 0 aliphatic heterocycles. The number of nitrogens with one attached hydrogen (secondary N) is 1. The van der Waals surface area contributed by atoms with Crippen LogP contribution in [0.5, 0.6) is 17.5 Å². The zero-order valence-corrected chi connectivity index (χ0v) is 17.3. The number of ether oxygens (including phenoxy) is 3. The summed E-state index contributed by atoms with van der Waals surface area (Å²) in [4.78, 5) is 16.1. The molecule has 0 saturated heterocycles. The van der Waals surface area contributed by atoms with Gasteiger partial charge in [-0.25, -0.2) is 4.68 Å². The molecule has 0 radical (unpaired) electrons. The quantitative estimate of drug-likeness (QED) is 0.634. The molecule has 8 nitrogen and oxygen atoms in total. The topological polar surface area (TPSA) is 87.5 Å². The summed E-state index contributed by atoms with van der Waals surface area (Å²) in [6, 6.07) is 5.74.